The van der Waals surface area contributed by atoms with Gasteiger partial charge in [0.15, 0.2) is 0 Å². The van der Waals surface area contributed by atoms with Crippen LogP contribution in [-0.4, -0.2) is 21.3 Å². The van der Waals surface area contributed by atoms with Gasteiger partial charge in [-0.25, -0.2) is 0 Å². The summed E-state index contributed by atoms with van der Waals surface area (Å²) in [4.78, 5) is 0.954. The van der Waals surface area contributed by atoms with Crippen LogP contribution in [0.3, 0.4) is 0 Å². The van der Waals surface area contributed by atoms with Crippen LogP contribution in [0.2, 0.25) is 0 Å². The van der Waals surface area contributed by atoms with E-state index in [9.17, 15) is 8.42 Å². The largest absolute Gasteiger partial charge is 0.298 e. The highest BCUT2D eigenvalue weighted by molar-refractivity contribution is 7.99. The first-order valence-electron chi connectivity index (χ1n) is 4.14. The molecule has 0 heterocycles. The molecule has 1 aromatic rings. The first kappa shape index (κ1) is 11.6. The maximum Gasteiger partial charge on any atom is 0.298 e. The zero-order valence-electron chi connectivity index (χ0n) is 8.06. The lowest BCUT2D eigenvalue weighted by Gasteiger charge is -2.06. The van der Waals surface area contributed by atoms with Crippen molar-refractivity contribution in [3.8, 4) is 0 Å². The first-order valence-corrected chi connectivity index (χ1v) is 6.77. The summed E-state index contributed by atoms with van der Waals surface area (Å²) in [5, 5.41) is 0. The fourth-order valence-corrected chi connectivity index (χ4v) is 3.08. The van der Waals surface area contributed by atoms with Crippen molar-refractivity contribution in [1.82, 2.24) is 0 Å². The summed E-state index contributed by atoms with van der Waals surface area (Å²) in [7, 11) is -3.57. The summed E-state index contributed by atoms with van der Waals surface area (Å²) < 4.78 is 27.9. The highest BCUT2D eigenvalue weighted by Crippen LogP contribution is 2.25. The van der Waals surface area contributed by atoms with Crippen molar-refractivity contribution < 1.29 is 12.6 Å². The van der Waals surface area contributed by atoms with Gasteiger partial charge in [0.25, 0.3) is 10.1 Å². The quantitative estimate of drug-likeness (QED) is 0.589. The van der Waals surface area contributed by atoms with E-state index in [2.05, 4.69) is 0 Å². The van der Waals surface area contributed by atoms with Crippen LogP contribution in [0, 0.1) is 0 Å². The van der Waals surface area contributed by atoms with Crippen molar-refractivity contribution in [3.63, 3.8) is 0 Å². The van der Waals surface area contributed by atoms with E-state index in [4.69, 9.17) is 4.18 Å². The van der Waals surface area contributed by atoms with Gasteiger partial charge in [0.2, 0.25) is 0 Å². The minimum atomic E-state index is -3.57. The van der Waals surface area contributed by atoms with E-state index in [1.807, 2.05) is 6.26 Å². The minimum absolute atomic E-state index is 0.158. The van der Waals surface area contributed by atoms with E-state index in [0.29, 0.717) is 4.90 Å². The van der Waals surface area contributed by atoms with Crippen molar-refractivity contribution in [2.75, 3.05) is 12.9 Å². The monoisotopic (exact) mass is 232 g/mol. The fourth-order valence-electron chi connectivity index (χ4n) is 1.04. The molecule has 0 saturated carbocycles. The molecular formula is C9H12O3S2. The van der Waals surface area contributed by atoms with Crippen LogP contribution in [0.1, 0.15) is 6.92 Å². The zero-order valence-corrected chi connectivity index (χ0v) is 9.69. The van der Waals surface area contributed by atoms with Crippen LogP contribution >= 0.6 is 11.8 Å². The fraction of sp³-hybridized carbons (Fsp3) is 0.333. The Morgan fingerprint density at radius 1 is 1.36 bits per heavy atom. The minimum Gasteiger partial charge on any atom is -0.267 e. The molecule has 3 nitrogen and oxygen atoms in total. The normalized spacial score (nSPS) is 11.6. The number of benzene rings is 1. The molecule has 1 rings (SSSR count). The maximum absolute atomic E-state index is 11.6. The summed E-state index contributed by atoms with van der Waals surface area (Å²) in [5.74, 6) is 0. The third kappa shape index (κ3) is 2.50. The summed E-state index contributed by atoms with van der Waals surface area (Å²) in [6.07, 6.45) is 1.83. The SMILES string of the molecule is CCOS(=O)(=O)c1ccccc1SC. The van der Waals surface area contributed by atoms with Crippen molar-refractivity contribution in [1.29, 1.82) is 0 Å². The van der Waals surface area contributed by atoms with Gasteiger partial charge < -0.3 is 0 Å². The van der Waals surface area contributed by atoms with E-state index >= 15 is 0 Å². The zero-order chi connectivity index (χ0) is 10.6. The average Bonchev–Trinajstić information content (AvgIpc) is 2.18. The lowest BCUT2D eigenvalue weighted by Crippen LogP contribution is -2.06. The van der Waals surface area contributed by atoms with Crippen molar-refractivity contribution in [2.24, 2.45) is 0 Å². The van der Waals surface area contributed by atoms with Gasteiger partial charge in [-0.05, 0) is 25.3 Å². The molecule has 5 heteroatoms. The molecule has 0 aliphatic rings. The predicted octanol–water partition coefficient (Wildman–Crippen LogP) is 2.13. The number of hydrogen-bond acceptors (Lipinski definition) is 4. The van der Waals surface area contributed by atoms with E-state index in [-0.39, 0.29) is 11.5 Å². The number of thioether (sulfide) groups is 1. The van der Waals surface area contributed by atoms with Gasteiger partial charge in [-0.1, -0.05) is 12.1 Å². The van der Waals surface area contributed by atoms with E-state index < -0.39 is 10.1 Å². The number of rotatable bonds is 4. The Bertz CT molecular complexity index is 398. The first-order chi connectivity index (χ1) is 6.61. The van der Waals surface area contributed by atoms with Crippen molar-refractivity contribution in [2.45, 2.75) is 16.7 Å². The van der Waals surface area contributed by atoms with Gasteiger partial charge in [-0.2, -0.15) is 8.42 Å². The Morgan fingerprint density at radius 3 is 2.57 bits per heavy atom. The second-order valence-corrected chi connectivity index (χ2v) is 4.94. The Labute approximate surface area is 88.6 Å². The summed E-state index contributed by atoms with van der Waals surface area (Å²) in [6.45, 7) is 1.81. The average molecular weight is 232 g/mol. The van der Waals surface area contributed by atoms with Crippen molar-refractivity contribution >= 4 is 21.9 Å². The smallest absolute Gasteiger partial charge is 0.267 e. The van der Waals surface area contributed by atoms with Gasteiger partial charge in [0.05, 0.1) is 6.61 Å². The third-order valence-corrected chi connectivity index (χ3v) is 3.98. The molecule has 0 amide bonds. The molecule has 0 atom stereocenters. The molecule has 0 aliphatic carbocycles. The maximum atomic E-state index is 11.6. The molecule has 14 heavy (non-hydrogen) atoms. The molecule has 0 aromatic heterocycles. The Balaban J connectivity index is 3.18. The van der Waals surface area contributed by atoms with Crippen LogP contribution < -0.4 is 0 Å². The standard InChI is InChI=1S/C9H12O3S2/c1-3-12-14(10,11)9-7-5-4-6-8(9)13-2/h4-7H,3H2,1-2H3. The lowest BCUT2D eigenvalue weighted by molar-refractivity contribution is 0.337. The second kappa shape index (κ2) is 4.82. The second-order valence-electron chi connectivity index (χ2n) is 2.51. The topological polar surface area (TPSA) is 43.4 Å². The Kier molecular flexibility index (Phi) is 3.97. The van der Waals surface area contributed by atoms with Gasteiger partial charge >= 0.3 is 0 Å². The van der Waals surface area contributed by atoms with Gasteiger partial charge in [0.1, 0.15) is 4.90 Å². The van der Waals surface area contributed by atoms with Gasteiger partial charge in [-0.15, -0.1) is 11.8 Å². The Morgan fingerprint density at radius 2 is 2.00 bits per heavy atom. The Hall–Kier alpha value is -0.520. The molecule has 0 N–H and O–H groups in total. The van der Waals surface area contributed by atoms with Crippen LogP contribution in [0.4, 0.5) is 0 Å². The molecule has 0 spiro atoms. The molecule has 0 bridgehead atoms. The van der Waals surface area contributed by atoms with Crippen LogP contribution in [0.15, 0.2) is 34.1 Å². The third-order valence-electron chi connectivity index (χ3n) is 1.61. The summed E-state index contributed by atoms with van der Waals surface area (Å²) >= 11 is 1.39. The summed E-state index contributed by atoms with van der Waals surface area (Å²) in [5.41, 5.74) is 0. The molecule has 1 aromatic carbocycles. The highest BCUT2D eigenvalue weighted by Gasteiger charge is 2.17. The summed E-state index contributed by atoms with van der Waals surface area (Å²) in [6, 6.07) is 6.80. The van der Waals surface area contributed by atoms with Gasteiger partial charge in [0, 0.05) is 4.90 Å². The van der Waals surface area contributed by atoms with E-state index in [1.54, 1.807) is 31.2 Å². The molecule has 0 saturated heterocycles. The van der Waals surface area contributed by atoms with Crippen LogP contribution in [0.5, 0.6) is 0 Å². The lowest BCUT2D eigenvalue weighted by atomic mass is 10.4. The molecule has 0 aliphatic heterocycles. The molecular weight excluding hydrogens is 220 g/mol. The number of hydrogen-bond donors (Lipinski definition) is 0. The molecule has 78 valence electrons. The molecule has 0 fully saturated rings. The predicted molar refractivity (Wildman–Crippen MR) is 57.0 cm³/mol. The van der Waals surface area contributed by atoms with Crippen molar-refractivity contribution in [3.05, 3.63) is 24.3 Å². The highest BCUT2D eigenvalue weighted by atomic mass is 32.2. The molecule has 0 radical (unpaired) electrons. The molecule has 0 unspecified atom stereocenters. The van der Waals surface area contributed by atoms with Gasteiger partial charge in [-0.3, -0.25) is 4.18 Å². The van der Waals surface area contributed by atoms with E-state index in [0.717, 1.165) is 0 Å². The van der Waals surface area contributed by atoms with E-state index in [1.165, 1.54) is 11.8 Å². The van der Waals surface area contributed by atoms with Crippen LogP contribution in [-0.2, 0) is 14.3 Å². The van der Waals surface area contributed by atoms with Crippen LogP contribution in [0.25, 0.3) is 0 Å².